The Hall–Kier alpha value is -3.38. The summed E-state index contributed by atoms with van der Waals surface area (Å²) in [5.74, 6) is 0.365. The number of fused-ring (bicyclic) bond motifs is 1. The Morgan fingerprint density at radius 3 is 2.06 bits per heavy atom. The lowest BCUT2D eigenvalue weighted by Gasteiger charge is -2.26. The van der Waals surface area contributed by atoms with E-state index >= 15 is 0 Å². The van der Waals surface area contributed by atoms with E-state index in [1.807, 2.05) is 36.4 Å². The van der Waals surface area contributed by atoms with E-state index in [9.17, 15) is 14.7 Å². The second-order valence-corrected chi connectivity index (χ2v) is 8.15. The number of carbonyl (C=O) groups excluding carboxylic acids is 2. The number of nitrogens with one attached hydrogen (secondary N) is 2. The summed E-state index contributed by atoms with van der Waals surface area (Å²) in [6, 6.07) is 20.5. The van der Waals surface area contributed by atoms with Gasteiger partial charge in [0.1, 0.15) is 5.75 Å². The summed E-state index contributed by atoms with van der Waals surface area (Å²) in [5, 5.41) is 17.3. The van der Waals surface area contributed by atoms with E-state index in [2.05, 4.69) is 10.6 Å². The third-order valence-corrected chi connectivity index (χ3v) is 5.77. The second-order valence-electron chi connectivity index (χ2n) is 8.15. The Labute approximate surface area is 187 Å². The molecule has 0 atom stereocenters. The predicted molar refractivity (Wildman–Crippen MR) is 124 cm³/mol. The SMILES string of the molecule is O=C(NCCNC(=O)c1ccc2ccccc2c1)c1ccc(OC2CCC(O)CC2)cc1. The molecule has 0 spiro atoms. The summed E-state index contributed by atoms with van der Waals surface area (Å²) in [5.41, 5.74) is 1.13. The first-order chi connectivity index (χ1) is 15.6. The molecule has 3 aromatic rings. The van der Waals surface area contributed by atoms with Gasteiger partial charge in [-0.3, -0.25) is 9.59 Å². The van der Waals surface area contributed by atoms with Gasteiger partial charge < -0.3 is 20.5 Å². The van der Waals surface area contributed by atoms with Crippen LogP contribution >= 0.6 is 0 Å². The van der Waals surface area contributed by atoms with E-state index < -0.39 is 0 Å². The topological polar surface area (TPSA) is 87.7 Å². The third kappa shape index (κ3) is 5.65. The quantitative estimate of drug-likeness (QED) is 0.497. The highest BCUT2D eigenvalue weighted by Gasteiger charge is 2.20. The number of hydrogen-bond acceptors (Lipinski definition) is 4. The van der Waals surface area contributed by atoms with Gasteiger partial charge in [-0.1, -0.05) is 30.3 Å². The monoisotopic (exact) mass is 432 g/mol. The molecule has 0 unspecified atom stereocenters. The molecule has 0 radical (unpaired) electrons. The van der Waals surface area contributed by atoms with Crippen molar-refractivity contribution < 1.29 is 19.4 Å². The van der Waals surface area contributed by atoms with Gasteiger partial charge in [-0.25, -0.2) is 0 Å². The summed E-state index contributed by atoms with van der Waals surface area (Å²) in [6.07, 6.45) is 3.12. The van der Waals surface area contributed by atoms with Crippen LogP contribution in [0.15, 0.2) is 66.7 Å². The van der Waals surface area contributed by atoms with Crippen LogP contribution in [0.2, 0.25) is 0 Å². The fraction of sp³-hybridized carbons (Fsp3) is 0.308. The molecule has 3 aromatic carbocycles. The van der Waals surface area contributed by atoms with Gasteiger partial charge in [0.05, 0.1) is 12.2 Å². The van der Waals surface area contributed by atoms with Gasteiger partial charge in [0.25, 0.3) is 11.8 Å². The van der Waals surface area contributed by atoms with Crippen molar-refractivity contribution in [2.24, 2.45) is 0 Å². The fourth-order valence-corrected chi connectivity index (χ4v) is 3.93. The molecule has 32 heavy (non-hydrogen) atoms. The Morgan fingerprint density at radius 1 is 0.781 bits per heavy atom. The zero-order chi connectivity index (χ0) is 22.3. The molecule has 166 valence electrons. The minimum Gasteiger partial charge on any atom is -0.490 e. The highest BCUT2D eigenvalue weighted by Crippen LogP contribution is 2.24. The van der Waals surface area contributed by atoms with Gasteiger partial charge in [-0.15, -0.1) is 0 Å². The largest absolute Gasteiger partial charge is 0.490 e. The van der Waals surface area contributed by atoms with Crippen molar-refractivity contribution in [2.75, 3.05) is 13.1 Å². The number of benzene rings is 3. The van der Waals surface area contributed by atoms with Gasteiger partial charge in [-0.05, 0) is 72.9 Å². The van der Waals surface area contributed by atoms with Crippen LogP contribution in [-0.4, -0.2) is 42.2 Å². The molecule has 1 aliphatic rings. The molecule has 1 saturated carbocycles. The van der Waals surface area contributed by atoms with E-state index in [1.165, 1.54) is 0 Å². The van der Waals surface area contributed by atoms with Crippen molar-refractivity contribution in [3.8, 4) is 5.75 Å². The van der Waals surface area contributed by atoms with E-state index in [-0.39, 0.29) is 24.0 Å². The number of carbonyl (C=O) groups is 2. The molecular formula is C26H28N2O4. The molecule has 6 nitrogen and oxygen atoms in total. The fourth-order valence-electron chi connectivity index (χ4n) is 3.93. The summed E-state index contributed by atoms with van der Waals surface area (Å²) in [7, 11) is 0. The lowest BCUT2D eigenvalue weighted by Crippen LogP contribution is -2.34. The number of hydrogen-bond donors (Lipinski definition) is 3. The molecule has 0 aromatic heterocycles. The van der Waals surface area contributed by atoms with Crippen molar-refractivity contribution >= 4 is 22.6 Å². The van der Waals surface area contributed by atoms with E-state index in [4.69, 9.17) is 4.74 Å². The van der Waals surface area contributed by atoms with Gasteiger partial charge in [0.15, 0.2) is 0 Å². The van der Waals surface area contributed by atoms with Crippen molar-refractivity contribution in [1.29, 1.82) is 0 Å². The van der Waals surface area contributed by atoms with E-state index in [0.717, 1.165) is 42.2 Å². The average molecular weight is 433 g/mol. The van der Waals surface area contributed by atoms with Gasteiger partial charge >= 0.3 is 0 Å². The summed E-state index contributed by atoms with van der Waals surface area (Å²) in [4.78, 5) is 24.7. The first kappa shape index (κ1) is 21.8. The zero-order valence-corrected chi connectivity index (χ0v) is 17.9. The van der Waals surface area contributed by atoms with Gasteiger partial charge in [-0.2, -0.15) is 0 Å². The summed E-state index contributed by atoms with van der Waals surface area (Å²) < 4.78 is 5.94. The van der Waals surface area contributed by atoms with Crippen molar-refractivity contribution in [1.82, 2.24) is 10.6 Å². The molecule has 0 saturated heterocycles. The Morgan fingerprint density at radius 2 is 1.38 bits per heavy atom. The highest BCUT2D eigenvalue weighted by atomic mass is 16.5. The maximum Gasteiger partial charge on any atom is 0.251 e. The minimum atomic E-state index is -0.210. The maximum atomic E-state index is 12.4. The molecule has 2 amide bonds. The molecule has 3 N–H and O–H groups in total. The average Bonchev–Trinajstić information content (AvgIpc) is 2.83. The number of aliphatic hydroxyl groups is 1. The first-order valence-electron chi connectivity index (χ1n) is 11.1. The minimum absolute atomic E-state index is 0.115. The summed E-state index contributed by atoms with van der Waals surface area (Å²) in [6.45, 7) is 0.674. The molecule has 6 heteroatoms. The number of rotatable bonds is 7. The lowest BCUT2D eigenvalue weighted by molar-refractivity contribution is 0.0665. The number of ether oxygens (including phenoxy) is 1. The molecule has 1 fully saturated rings. The second kappa shape index (κ2) is 10.3. The van der Waals surface area contributed by atoms with Crippen LogP contribution in [0.4, 0.5) is 0 Å². The Balaban J connectivity index is 1.21. The molecular weight excluding hydrogens is 404 g/mol. The highest BCUT2D eigenvalue weighted by molar-refractivity contribution is 5.98. The van der Waals surface area contributed by atoms with E-state index in [1.54, 1.807) is 30.3 Å². The molecule has 1 aliphatic carbocycles. The van der Waals surface area contributed by atoms with Crippen LogP contribution in [0.25, 0.3) is 10.8 Å². The molecule has 0 aliphatic heterocycles. The summed E-state index contributed by atoms with van der Waals surface area (Å²) >= 11 is 0. The van der Waals surface area contributed by atoms with Crippen LogP contribution in [0.1, 0.15) is 46.4 Å². The van der Waals surface area contributed by atoms with Crippen LogP contribution in [0.3, 0.4) is 0 Å². The smallest absolute Gasteiger partial charge is 0.251 e. The Bertz CT molecular complexity index is 1070. The third-order valence-electron chi connectivity index (χ3n) is 5.77. The number of amides is 2. The van der Waals surface area contributed by atoms with Gasteiger partial charge in [0.2, 0.25) is 0 Å². The van der Waals surface area contributed by atoms with Gasteiger partial charge in [0, 0.05) is 24.2 Å². The number of aliphatic hydroxyl groups excluding tert-OH is 1. The van der Waals surface area contributed by atoms with Crippen LogP contribution in [-0.2, 0) is 0 Å². The normalized spacial score (nSPS) is 18.2. The van der Waals surface area contributed by atoms with Crippen LogP contribution < -0.4 is 15.4 Å². The maximum absolute atomic E-state index is 12.4. The van der Waals surface area contributed by atoms with Crippen LogP contribution in [0.5, 0.6) is 5.75 Å². The lowest BCUT2D eigenvalue weighted by atomic mass is 9.95. The standard InChI is InChI=1S/C26H28N2O4/c29-22-9-13-24(14-10-22)32-23-11-7-19(8-12-23)25(30)27-15-16-28-26(31)21-6-5-18-3-1-2-4-20(18)17-21/h1-8,11-12,17,22,24,29H,9-10,13-16H2,(H,27,30)(H,28,31). The van der Waals surface area contributed by atoms with Crippen molar-refractivity contribution in [3.05, 3.63) is 77.9 Å². The predicted octanol–water partition coefficient (Wildman–Crippen LogP) is 3.68. The molecule has 4 rings (SSSR count). The zero-order valence-electron chi connectivity index (χ0n) is 17.9. The molecule has 0 bridgehead atoms. The Kier molecular flexibility index (Phi) is 7.02. The van der Waals surface area contributed by atoms with Crippen molar-refractivity contribution in [2.45, 2.75) is 37.9 Å². The van der Waals surface area contributed by atoms with Crippen molar-refractivity contribution in [3.63, 3.8) is 0 Å². The first-order valence-corrected chi connectivity index (χ1v) is 11.1. The van der Waals surface area contributed by atoms with Crippen LogP contribution in [0, 0.1) is 0 Å². The molecule has 0 heterocycles. The van der Waals surface area contributed by atoms with E-state index in [0.29, 0.717) is 24.2 Å².